The highest BCUT2D eigenvalue weighted by Gasteiger charge is 2.14. The molecule has 6 heteroatoms. The van der Waals surface area contributed by atoms with Gasteiger partial charge in [-0.2, -0.15) is 4.39 Å². The van der Waals surface area contributed by atoms with E-state index in [0.29, 0.717) is 0 Å². The number of rotatable bonds is 3. The molecule has 92 valence electrons. The van der Waals surface area contributed by atoms with Gasteiger partial charge in [0.2, 0.25) is 5.82 Å². The molecule has 0 amide bonds. The van der Waals surface area contributed by atoms with E-state index in [1.54, 1.807) is 0 Å². The van der Waals surface area contributed by atoms with Crippen molar-refractivity contribution in [3.05, 3.63) is 64.2 Å². The van der Waals surface area contributed by atoms with Crippen LogP contribution in [-0.4, -0.2) is 4.92 Å². The molecule has 0 bridgehead atoms. The molecule has 0 saturated heterocycles. The Balaban J connectivity index is 2.25. The van der Waals surface area contributed by atoms with Crippen LogP contribution in [0.5, 0.6) is 11.5 Å². The SMILES string of the molecule is O=[N+]([O-])c1ccc(Oc2cccc(F)c2)cc1F. The molecule has 0 saturated carbocycles. The molecule has 0 spiro atoms. The molecule has 2 aromatic rings. The van der Waals surface area contributed by atoms with Gasteiger partial charge in [0.05, 0.1) is 4.92 Å². The van der Waals surface area contributed by atoms with Crippen LogP contribution in [0.1, 0.15) is 0 Å². The molecule has 0 atom stereocenters. The number of nitrogens with zero attached hydrogens (tertiary/aromatic N) is 1. The standard InChI is InChI=1S/C12H7F2NO3/c13-8-2-1-3-9(6-8)18-10-4-5-12(15(16)17)11(14)7-10/h1-7H. The zero-order valence-electron chi connectivity index (χ0n) is 8.97. The normalized spacial score (nSPS) is 10.1. The third kappa shape index (κ3) is 2.60. The Morgan fingerprint density at radius 1 is 1.06 bits per heavy atom. The molecule has 0 N–H and O–H groups in total. The molecule has 2 aromatic carbocycles. The number of ether oxygens (including phenoxy) is 1. The average Bonchev–Trinajstić information content (AvgIpc) is 2.28. The van der Waals surface area contributed by atoms with Gasteiger partial charge < -0.3 is 4.74 Å². The van der Waals surface area contributed by atoms with Gasteiger partial charge in [-0.05, 0) is 18.2 Å². The number of benzene rings is 2. The summed E-state index contributed by atoms with van der Waals surface area (Å²) in [5.74, 6) is -1.25. The van der Waals surface area contributed by atoms with Crippen molar-refractivity contribution in [2.45, 2.75) is 0 Å². The van der Waals surface area contributed by atoms with Gasteiger partial charge in [0.1, 0.15) is 17.3 Å². The summed E-state index contributed by atoms with van der Waals surface area (Å²) in [6.45, 7) is 0. The lowest BCUT2D eigenvalue weighted by Gasteiger charge is -2.05. The van der Waals surface area contributed by atoms with Gasteiger partial charge in [0, 0.05) is 18.2 Å². The summed E-state index contributed by atoms with van der Waals surface area (Å²) < 4.78 is 31.3. The van der Waals surface area contributed by atoms with Crippen LogP contribution in [0.4, 0.5) is 14.5 Å². The molecule has 0 aliphatic rings. The highest BCUT2D eigenvalue weighted by molar-refractivity contribution is 5.40. The lowest BCUT2D eigenvalue weighted by Crippen LogP contribution is -1.93. The van der Waals surface area contributed by atoms with E-state index in [-0.39, 0.29) is 11.5 Å². The van der Waals surface area contributed by atoms with Crippen LogP contribution in [0.15, 0.2) is 42.5 Å². The van der Waals surface area contributed by atoms with E-state index in [1.165, 1.54) is 24.3 Å². The number of nitro groups is 1. The lowest BCUT2D eigenvalue weighted by atomic mass is 10.3. The zero-order chi connectivity index (χ0) is 13.1. The van der Waals surface area contributed by atoms with E-state index < -0.39 is 22.2 Å². The first-order valence-electron chi connectivity index (χ1n) is 4.93. The third-order valence-corrected chi connectivity index (χ3v) is 2.15. The summed E-state index contributed by atoms with van der Waals surface area (Å²) in [6, 6.07) is 8.40. The summed E-state index contributed by atoms with van der Waals surface area (Å²) in [7, 11) is 0. The fraction of sp³-hybridized carbons (Fsp3) is 0. The van der Waals surface area contributed by atoms with Gasteiger partial charge in [-0.15, -0.1) is 0 Å². The molecule has 0 fully saturated rings. The van der Waals surface area contributed by atoms with E-state index in [1.807, 2.05) is 0 Å². The van der Waals surface area contributed by atoms with Gasteiger partial charge in [0.25, 0.3) is 0 Å². The summed E-state index contributed by atoms with van der Waals surface area (Å²) >= 11 is 0. The first-order chi connectivity index (χ1) is 8.56. The second-order valence-corrected chi connectivity index (χ2v) is 3.43. The van der Waals surface area contributed by atoms with Gasteiger partial charge in [-0.25, -0.2) is 4.39 Å². The molecule has 0 heterocycles. The fourth-order valence-electron chi connectivity index (χ4n) is 1.37. The van der Waals surface area contributed by atoms with Crippen LogP contribution in [0.3, 0.4) is 0 Å². The van der Waals surface area contributed by atoms with Crippen LogP contribution in [0, 0.1) is 21.7 Å². The molecular weight excluding hydrogens is 244 g/mol. The first-order valence-corrected chi connectivity index (χ1v) is 4.93. The van der Waals surface area contributed by atoms with Crippen molar-refractivity contribution in [3.63, 3.8) is 0 Å². The fourth-order valence-corrected chi connectivity index (χ4v) is 1.37. The molecule has 0 aliphatic carbocycles. The van der Waals surface area contributed by atoms with Crippen molar-refractivity contribution in [1.82, 2.24) is 0 Å². The Morgan fingerprint density at radius 3 is 2.39 bits per heavy atom. The minimum Gasteiger partial charge on any atom is -0.457 e. The van der Waals surface area contributed by atoms with Gasteiger partial charge in [0.15, 0.2) is 0 Å². The molecule has 2 rings (SSSR count). The maximum Gasteiger partial charge on any atom is 0.305 e. The number of hydrogen-bond acceptors (Lipinski definition) is 3. The van der Waals surface area contributed by atoms with Crippen LogP contribution >= 0.6 is 0 Å². The minimum absolute atomic E-state index is 0.0590. The van der Waals surface area contributed by atoms with Gasteiger partial charge >= 0.3 is 5.69 Å². The topological polar surface area (TPSA) is 52.4 Å². The first kappa shape index (κ1) is 12.0. The highest BCUT2D eigenvalue weighted by Crippen LogP contribution is 2.26. The molecule has 0 unspecified atom stereocenters. The molecular formula is C12H7F2NO3. The Morgan fingerprint density at radius 2 is 1.78 bits per heavy atom. The Bertz CT molecular complexity index is 602. The second kappa shape index (κ2) is 4.79. The van der Waals surface area contributed by atoms with Crippen molar-refractivity contribution in [3.8, 4) is 11.5 Å². The summed E-state index contributed by atoms with van der Waals surface area (Å²) in [5.41, 5.74) is -0.637. The minimum atomic E-state index is -1.01. The van der Waals surface area contributed by atoms with E-state index in [9.17, 15) is 18.9 Å². The van der Waals surface area contributed by atoms with Crippen LogP contribution in [-0.2, 0) is 0 Å². The number of halogens is 2. The van der Waals surface area contributed by atoms with Crippen molar-refractivity contribution in [2.24, 2.45) is 0 Å². The summed E-state index contributed by atoms with van der Waals surface area (Å²) in [5, 5.41) is 10.4. The van der Waals surface area contributed by atoms with Crippen molar-refractivity contribution in [1.29, 1.82) is 0 Å². The third-order valence-electron chi connectivity index (χ3n) is 2.15. The zero-order valence-corrected chi connectivity index (χ0v) is 8.97. The van der Waals surface area contributed by atoms with Gasteiger partial charge in [-0.1, -0.05) is 6.07 Å². The molecule has 18 heavy (non-hydrogen) atoms. The van der Waals surface area contributed by atoms with Crippen molar-refractivity contribution in [2.75, 3.05) is 0 Å². The Labute approximate surface area is 101 Å². The predicted octanol–water partition coefficient (Wildman–Crippen LogP) is 3.67. The predicted molar refractivity (Wildman–Crippen MR) is 59.5 cm³/mol. The van der Waals surface area contributed by atoms with E-state index >= 15 is 0 Å². The summed E-state index contributed by atoms with van der Waals surface area (Å²) in [6.07, 6.45) is 0. The van der Waals surface area contributed by atoms with Crippen LogP contribution in [0.25, 0.3) is 0 Å². The highest BCUT2D eigenvalue weighted by atomic mass is 19.1. The average molecular weight is 251 g/mol. The van der Waals surface area contributed by atoms with Crippen molar-refractivity contribution >= 4 is 5.69 Å². The molecule has 4 nitrogen and oxygen atoms in total. The van der Waals surface area contributed by atoms with E-state index in [4.69, 9.17) is 4.74 Å². The van der Waals surface area contributed by atoms with Crippen molar-refractivity contribution < 1.29 is 18.4 Å². The van der Waals surface area contributed by atoms with E-state index in [0.717, 1.165) is 18.2 Å². The maximum atomic E-state index is 13.3. The smallest absolute Gasteiger partial charge is 0.305 e. The monoisotopic (exact) mass is 251 g/mol. The quantitative estimate of drug-likeness (QED) is 0.617. The lowest BCUT2D eigenvalue weighted by molar-refractivity contribution is -0.387. The maximum absolute atomic E-state index is 13.3. The van der Waals surface area contributed by atoms with Crippen LogP contribution in [0.2, 0.25) is 0 Å². The molecule has 0 aliphatic heterocycles. The second-order valence-electron chi connectivity index (χ2n) is 3.43. The van der Waals surface area contributed by atoms with Gasteiger partial charge in [-0.3, -0.25) is 10.1 Å². The number of nitro benzene ring substituents is 1. The number of hydrogen-bond donors (Lipinski definition) is 0. The summed E-state index contributed by atoms with van der Waals surface area (Å²) in [4.78, 5) is 9.58. The molecule has 0 aromatic heterocycles. The Hall–Kier alpha value is -2.50. The Kier molecular flexibility index (Phi) is 3.18. The molecule has 0 radical (unpaired) electrons. The van der Waals surface area contributed by atoms with Crippen LogP contribution < -0.4 is 4.74 Å². The largest absolute Gasteiger partial charge is 0.457 e. The van der Waals surface area contributed by atoms with E-state index in [2.05, 4.69) is 0 Å².